The van der Waals surface area contributed by atoms with Crippen molar-refractivity contribution in [3.8, 4) is 0 Å². The first-order valence-corrected chi connectivity index (χ1v) is 8.94. The highest BCUT2D eigenvalue weighted by molar-refractivity contribution is 7.99. The first-order chi connectivity index (χ1) is 11.7. The number of aliphatic hydroxyl groups is 1. The van der Waals surface area contributed by atoms with Crippen molar-refractivity contribution < 1.29 is 9.90 Å². The molecule has 0 aliphatic rings. The fraction of sp³-hybridized carbons (Fsp3) is 0.263. The number of hydrogen-bond acceptors (Lipinski definition) is 4. The number of carbonyl (C=O) groups is 1. The van der Waals surface area contributed by atoms with Crippen LogP contribution >= 0.6 is 11.8 Å². The van der Waals surface area contributed by atoms with Gasteiger partial charge in [0.25, 0.3) is 5.91 Å². The lowest BCUT2D eigenvalue weighted by Crippen LogP contribution is -2.29. The molecule has 1 amide bonds. The number of nitrogens with one attached hydrogen (secondary N) is 1. The van der Waals surface area contributed by atoms with Crippen molar-refractivity contribution in [1.82, 2.24) is 5.32 Å². The number of nitrogens with zero attached hydrogens (tertiary/aromatic N) is 1. The van der Waals surface area contributed by atoms with Crippen LogP contribution in [0, 0.1) is 0 Å². The molecule has 0 aliphatic carbocycles. The zero-order valence-electron chi connectivity index (χ0n) is 13.7. The van der Waals surface area contributed by atoms with Crippen LogP contribution < -0.4 is 5.32 Å². The molecule has 0 aliphatic heterocycles. The maximum Gasteiger partial charge on any atom is 0.251 e. The number of benzene rings is 2. The fourth-order valence-electron chi connectivity index (χ4n) is 2.07. The number of rotatable bonds is 8. The molecule has 0 bridgehead atoms. The van der Waals surface area contributed by atoms with Gasteiger partial charge in [-0.25, -0.2) is 0 Å². The van der Waals surface area contributed by atoms with Crippen molar-refractivity contribution in [1.29, 1.82) is 0 Å². The summed E-state index contributed by atoms with van der Waals surface area (Å²) >= 11 is 1.63. The minimum absolute atomic E-state index is 0.108. The molecule has 2 aromatic rings. The Hall–Kier alpha value is -2.11. The van der Waals surface area contributed by atoms with Crippen LogP contribution in [-0.4, -0.2) is 41.4 Å². The minimum atomic E-state index is -0.108. The van der Waals surface area contributed by atoms with Gasteiger partial charge in [-0.2, -0.15) is 11.8 Å². The molecule has 5 heteroatoms. The summed E-state index contributed by atoms with van der Waals surface area (Å²) in [7, 11) is 0. The van der Waals surface area contributed by atoms with Crippen LogP contribution in [0.25, 0.3) is 0 Å². The number of aliphatic imine (C=N–C) groups is 1. The summed E-state index contributed by atoms with van der Waals surface area (Å²) in [5.74, 6) is 0.573. The van der Waals surface area contributed by atoms with E-state index in [1.807, 2.05) is 49.4 Å². The van der Waals surface area contributed by atoms with Crippen LogP contribution in [-0.2, 0) is 0 Å². The predicted octanol–water partition coefficient (Wildman–Crippen LogP) is 3.28. The topological polar surface area (TPSA) is 61.7 Å². The van der Waals surface area contributed by atoms with Gasteiger partial charge in [-0.3, -0.25) is 9.79 Å². The van der Waals surface area contributed by atoms with Gasteiger partial charge in [0.05, 0.1) is 12.3 Å². The first kappa shape index (κ1) is 18.2. The van der Waals surface area contributed by atoms with Gasteiger partial charge in [-0.1, -0.05) is 43.3 Å². The summed E-state index contributed by atoms with van der Waals surface area (Å²) in [4.78, 5) is 16.6. The Kier molecular flexibility index (Phi) is 7.52. The molecule has 0 fully saturated rings. The van der Waals surface area contributed by atoms with Gasteiger partial charge < -0.3 is 10.4 Å². The van der Waals surface area contributed by atoms with E-state index in [1.165, 1.54) is 0 Å². The molecule has 0 radical (unpaired) electrons. The lowest BCUT2D eigenvalue weighted by Gasteiger charge is -2.11. The quantitative estimate of drug-likeness (QED) is 0.724. The maximum absolute atomic E-state index is 12.2. The third-order valence-corrected chi connectivity index (χ3v) is 4.47. The summed E-state index contributed by atoms with van der Waals surface area (Å²) in [5.41, 5.74) is 2.35. The summed E-state index contributed by atoms with van der Waals surface area (Å²) < 4.78 is 0. The molecule has 126 valence electrons. The lowest BCUT2D eigenvalue weighted by molar-refractivity contribution is 0.0954. The molecule has 0 aromatic heterocycles. The second-order valence-electron chi connectivity index (χ2n) is 5.33. The molecule has 2 rings (SSSR count). The monoisotopic (exact) mass is 342 g/mol. The average molecular weight is 342 g/mol. The van der Waals surface area contributed by atoms with E-state index in [9.17, 15) is 4.79 Å². The van der Waals surface area contributed by atoms with Crippen LogP contribution in [0.2, 0.25) is 0 Å². The van der Waals surface area contributed by atoms with Crippen molar-refractivity contribution in [3.05, 3.63) is 65.7 Å². The number of amides is 1. The Balaban J connectivity index is 1.94. The summed E-state index contributed by atoms with van der Waals surface area (Å²) in [6.45, 7) is 2.76. The molecule has 1 atom stereocenters. The Bertz CT molecular complexity index is 674. The zero-order chi connectivity index (χ0) is 17.2. The zero-order valence-corrected chi connectivity index (χ0v) is 14.5. The smallest absolute Gasteiger partial charge is 0.251 e. The van der Waals surface area contributed by atoms with Crippen LogP contribution in [0.3, 0.4) is 0 Å². The van der Waals surface area contributed by atoms with Gasteiger partial charge in [-0.05, 0) is 23.8 Å². The largest absolute Gasteiger partial charge is 0.396 e. The summed E-state index contributed by atoms with van der Waals surface area (Å²) in [5, 5.41) is 12.0. The molecule has 0 heterocycles. The second kappa shape index (κ2) is 9.90. The molecular formula is C19H22N2O2S. The SMILES string of the molecule is CC(CNC(=O)c1cccc(N=Cc2ccccc2)c1)SCCO. The van der Waals surface area contributed by atoms with Crippen LogP contribution in [0.1, 0.15) is 22.8 Å². The van der Waals surface area contributed by atoms with Gasteiger partial charge in [-0.15, -0.1) is 0 Å². The highest BCUT2D eigenvalue weighted by Gasteiger charge is 2.08. The standard InChI is InChI=1S/C19H22N2O2S/c1-15(24-11-10-22)13-21-19(23)17-8-5-9-18(12-17)20-14-16-6-3-2-4-7-16/h2-9,12,14-15,22H,10-11,13H2,1H3,(H,21,23). The number of aliphatic hydroxyl groups excluding tert-OH is 1. The Morgan fingerprint density at radius 2 is 2.04 bits per heavy atom. The van der Waals surface area contributed by atoms with Crippen molar-refractivity contribution in [2.24, 2.45) is 4.99 Å². The van der Waals surface area contributed by atoms with E-state index in [2.05, 4.69) is 10.3 Å². The molecule has 24 heavy (non-hydrogen) atoms. The Morgan fingerprint density at radius 1 is 1.25 bits per heavy atom. The van der Waals surface area contributed by atoms with Crippen LogP contribution in [0.4, 0.5) is 5.69 Å². The molecule has 2 aromatic carbocycles. The van der Waals surface area contributed by atoms with Gasteiger partial charge in [0.15, 0.2) is 0 Å². The lowest BCUT2D eigenvalue weighted by atomic mass is 10.2. The predicted molar refractivity (Wildman–Crippen MR) is 101 cm³/mol. The Labute approximate surface area is 147 Å². The van der Waals surface area contributed by atoms with Gasteiger partial charge >= 0.3 is 0 Å². The molecule has 2 N–H and O–H groups in total. The normalized spacial score (nSPS) is 12.2. The summed E-state index contributed by atoms with van der Waals surface area (Å²) in [6.07, 6.45) is 1.78. The third-order valence-electron chi connectivity index (χ3n) is 3.31. The molecule has 4 nitrogen and oxygen atoms in total. The highest BCUT2D eigenvalue weighted by atomic mass is 32.2. The number of thioether (sulfide) groups is 1. The van der Waals surface area contributed by atoms with Crippen LogP contribution in [0.5, 0.6) is 0 Å². The Morgan fingerprint density at radius 3 is 2.79 bits per heavy atom. The minimum Gasteiger partial charge on any atom is -0.396 e. The molecular weight excluding hydrogens is 320 g/mol. The summed E-state index contributed by atoms with van der Waals surface area (Å²) in [6, 6.07) is 17.1. The average Bonchev–Trinajstić information content (AvgIpc) is 2.63. The third kappa shape index (κ3) is 6.18. The maximum atomic E-state index is 12.2. The van der Waals surface area contributed by atoms with Crippen molar-refractivity contribution in [2.75, 3.05) is 18.9 Å². The van der Waals surface area contributed by atoms with E-state index in [0.29, 0.717) is 17.9 Å². The highest BCUT2D eigenvalue weighted by Crippen LogP contribution is 2.15. The van der Waals surface area contributed by atoms with Crippen molar-refractivity contribution in [3.63, 3.8) is 0 Å². The van der Waals surface area contributed by atoms with E-state index in [4.69, 9.17) is 5.11 Å². The van der Waals surface area contributed by atoms with Gasteiger partial charge in [0, 0.05) is 29.3 Å². The molecule has 1 unspecified atom stereocenters. The number of hydrogen-bond donors (Lipinski definition) is 2. The second-order valence-corrected chi connectivity index (χ2v) is 6.88. The van der Waals surface area contributed by atoms with Crippen molar-refractivity contribution >= 4 is 29.6 Å². The molecule has 0 spiro atoms. The number of carbonyl (C=O) groups excluding carboxylic acids is 1. The molecule has 0 saturated heterocycles. The van der Waals surface area contributed by atoms with Gasteiger partial charge in [0.1, 0.15) is 0 Å². The van der Waals surface area contributed by atoms with E-state index in [1.54, 1.807) is 30.1 Å². The fourth-order valence-corrected chi connectivity index (χ4v) is 2.78. The molecule has 0 saturated carbocycles. The van der Waals surface area contributed by atoms with E-state index >= 15 is 0 Å². The van der Waals surface area contributed by atoms with Crippen LogP contribution in [0.15, 0.2) is 59.6 Å². The van der Waals surface area contributed by atoms with Crippen molar-refractivity contribution in [2.45, 2.75) is 12.2 Å². The van der Waals surface area contributed by atoms with E-state index < -0.39 is 0 Å². The van der Waals surface area contributed by atoms with Gasteiger partial charge in [0.2, 0.25) is 0 Å². The first-order valence-electron chi connectivity index (χ1n) is 7.89. The van der Waals surface area contributed by atoms with E-state index in [-0.39, 0.29) is 17.8 Å². The van der Waals surface area contributed by atoms with E-state index in [0.717, 1.165) is 11.3 Å².